The number of amides is 1. The summed E-state index contributed by atoms with van der Waals surface area (Å²) in [6, 6.07) is 9.73. The zero-order valence-corrected chi connectivity index (χ0v) is 15.1. The zero-order valence-electron chi connectivity index (χ0n) is 15.1. The summed E-state index contributed by atoms with van der Waals surface area (Å²) in [5.41, 5.74) is 2.03. The van der Waals surface area contributed by atoms with Gasteiger partial charge < -0.3 is 10.4 Å². The summed E-state index contributed by atoms with van der Waals surface area (Å²) in [5.74, 6) is -0.0946. The van der Waals surface area contributed by atoms with Crippen molar-refractivity contribution in [2.24, 2.45) is 5.92 Å². The second kappa shape index (κ2) is 7.18. The number of carbonyl (C=O) groups is 1. The third-order valence-corrected chi connectivity index (χ3v) is 4.80. The lowest BCUT2D eigenvalue weighted by molar-refractivity contribution is 0.00591. The molecule has 1 aromatic carbocycles. The fourth-order valence-electron chi connectivity index (χ4n) is 2.75. The number of rotatable bonds is 6. The van der Waals surface area contributed by atoms with Crippen LogP contribution in [0.5, 0.6) is 0 Å². The molecule has 0 saturated heterocycles. The number of para-hydroxylation sites is 1. The van der Waals surface area contributed by atoms with Gasteiger partial charge >= 0.3 is 0 Å². The van der Waals surface area contributed by atoms with Crippen LogP contribution >= 0.6 is 0 Å². The van der Waals surface area contributed by atoms with Crippen molar-refractivity contribution in [2.45, 2.75) is 46.6 Å². The first-order valence-electron chi connectivity index (χ1n) is 8.40. The molecular weight excluding hydrogens is 302 g/mol. The normalized spacial score (nSPS) is 14.9. The molecule has 2 aromatic rings. The molecule has 24 heavy (non-hydrogen) atoms. The molecule has 0 fully saturated rings. The van der Waals surface area contributed by atoms with E-state index in [9.17, 15) is 9.90 Å². The van der Waals surface area contributed by atoms with Crippen LogP contribution in [0.15, 0.2) is 30.3 Å². The lowest BCUT2D eigenvalue weighted by Gasteiger charge is -2.29. The summed E-state index contributed by atoms with van der Waals surface area (Å²) < 4.78 is 1.77. The van der Waals surface area contributed by atoms with Gasteiger partial charge in [0, 0.05) is 6.54 Å². The van der Waals surface area contributed by atoms with Gasteiger partial charge in [-0.05, 0) is 38.8 Å². The molecule has 0 saturated carbocycles. The van der Waals surface area contributed by atoms with Gasteiger partial charge in [-0.3, -0.25) is 4.79 Å². The molecular formula is C19H27N3O2. The Morgan fingerprint density at radius 3 is 2.54 bits per heavy atom. The first-order valence-corrected chi connectivity index (χ1v) is 8.40. The van der Waals surface area contributed by atoms with E-state index >= 15 is 0 Å². The molecule has 1 aromatic heterocycles. The topological polar surface area (TPSA) is 67.2 Å². The van der Waals surface area contributed by atoms with Crippen molar-refractivity contribution in [3.05, 3.63) is 47.3 Å². The fraction of sp³-hybridized carbons (Fsp3) is 0.474. The van der Waals surface area contributed by atoms with Gasteiger partial charge in [0.25, 0.3) is 5.91 Å². The van der Waals surface area contributed by atoms with E-state index in [2.05, 4.69) is 10.4 Å². The molecule has 5 nitrogen and oxygen atoms in total. The molecule has 5 heteroatoms. The predicted molar refractivity (Wildman–Crippen MR) is 95.5 cm³/mol. The fourth-order valence-corrected chi connectivity index (χ4v) is 2.75. The smallest absolute Gasteiger partial charge is 0.255 e. The zero-order chi connectivity index (χ0) is 17.9. The second-order valence-corrected chi connectivity index (χ2v) is 6.64. The van der Waals surface area contributed by atoms with Gasteiger partial charge in [0.05, 0.1) is 28.2 Å². The maximum absolute atomic E-state index is 12.6. The summed E-state index contributed by atoms with van der Waals surface area (Å²) in [4.78, 5) is 12.6. The van der Waals surface area contributed by atoms with Gasteiger partial charge in [-0.15, -0.1) is 0 Å². The van der Waals surface area contributed by atoms with Crippen molar-refractivity contribution in [1.29, 1.82) is 0 Å². The van der Waals surface area contributed by atoms with E-state index in [1.165, 1.54) is 0 Å². The monoisotopic (exact) mass is 329 g/mol. The van der Waals surface area contributed by atoms with Crippen LogP contribution in [0.3, 0.4) is 0 Å². The molecule has 0 aliphatic heterocycles. The van der Waals surface area contributed by atoms with E-state index in [0.717, 1.165) is 17.8 Å². The highest BCUT2D eigenvalue weighted by Crippen LogP contribution is 2.20. The van der Waals surface area contributed by atoms with Crippen LogP contribution in [0.4, 0.5) is 0 Å². The Kier molecular flexibility index (Phi) is 5.44. The van der Waals surface area contributed by atoms with Crippen molar-refractivity contribution < 1.29 is 9.90 Å². The Labute approximate surface area is 143 Å². The summed E-state index contributed by atoms with van der Waals surface area (Å²) in [5, 5.41) is 17.8. The maximum Gasteiger partial charge on any atom is 0.255 e. The Bertz CT molecular complexity index is 705. The number of aryl methyl sites for hydroxylation is 1. The van der Waals surface area contributed by atoms with Crippen LogP contribution in [-0.2, 0) is 0 Å². The van der Waals surface area contributed by atoms with E-state index in [1.807, 2.05) is 58.0 Å². The van der Waals surface area contributed by atoms with Crippen LogP contribution < -0.4 is 5.32 Å². The van der Waals surface area contributed by atoms with E-state index in [0.29, 0.717) is 11.3 Å². The van der Waals surface area contributed by atoms with Crippen LogP contribution in [-0.4, -0.2) is 32.9 Å². The number of nitrogens with one attached hydrogen (secondary N) is 1. The number of carbonyl (C=O) groups excluding carboxylic acids is 1. The number of hydrogen-bond acceptors (Lipinski definition) is 3. The minimum Gasteiger partial charge on any atom is -0.388 e. The molecule has 2 rings (SSSR count). The van der Waals surface area contributed by atoms with Crippen LogP contribution in [0.1, 0.15) is 48.9 Å². The highest BCUT2D eigenvalue weighted by Gasteiger charge is 2.28. The van der Waals surface area contributed by atoms with Crippen molar-refractivity contribution >= 4 is 5.91 Å². The Balaban J connectivity index is 2.21. The van der Waals surface area contributed by atoms with Gasteiger partial charge in [0.1, 0.15) is 0 Å². The van der Waals surface area contributed by atoms with Crippen LogP contribution in [0.25, 0.3) is 5.69 Å². The number of aromatic nitrogens is 2. The summed E-state index contributed by atoms with van der Waals surface area (Å²) >= 11 is 0. The largest absolute Gasteiger partial charge is 0.388 e. The third kappa shape index (κ3) is 3.67. The molecule has 0 spiro atoms. The first kappa shape index (κ1) is 18.2. The Morgan fingerprint density at radius 2 is 1.96 bits per heavy atom. The molecule has 0 bridgehead atoms. The minimum absolute atomic E-state index is 0.104. The number of aliphatic hydroxyl groups is 1. The Hall–Kier alpha value is -2.14. The number of hydrogen-bond donors (Lipinski definition) is 2. The average Bonchev–Trinajstić information content (AvgIpc) is 2.87. The molecule has 2 atom stereocenters. The molecule has 0 aliphatic rings. The highest BCUT2D eigenvalue weighted by atomic mass is 16.3. The van der Waals surface area contributed by atoms with E-state index in [-0.39, 0.29) is 18.4 Å². The van der Waals surface area contributed by atoms with Gasteiger partial charge in [0.2, 0.25) is 0 Å². The maximum atomic E-state index is 12.6. The molecule has 2 unspecified atom stereocenters. The predicted octanol–water partition coefficient (Wildman–Crippen LogP) is 3.02. The van der Waals surface area contributed by atoms with E-state index in [4.69, 9.17) is 0 Å². The second-order valence-electron chi connectivity index (χ2n) is 6.64. The summed E-state index contributed by atoms with van der Waals surface area (Å²) in [7, 11) is 0. The molecule has 0 radical (unpaired) electrons. The van der Waals surface area contributed by atoms with E-state index < -0.39 is 5.60 Å². The lowest BCUT2D eigenvalue weighted by atomic mass is 9.88. The summed E-state index contributed by atoms with van der Waals surface area (Å²) in [6.45, 7) is 9.70. The van der Waals surface area contributed by atoms with Crippen molar-refractivity contribution in [3.8, 4) is 5.69 Å². The lowest BCUT2D eigenvalue weighted by Crippen LogP contribution is -2.45. The van der Waals surface area contributed by atoms with Crippen molar-refractivity contribution in [2.75, 3.05) is 6.54 Å². The standard InChI is InChI=1S/C19H27N3O2/c1-6-13(2)19(5,24)12-20-18(23)17-14(3)21-22(15(17)4)16-10-8-7-9-11-16/h7-11,13,24H,6,12H2,1-5H3,(H,20,23). The molecule has 0 aliphatic carbocycles. The van der Waals surface area contributed by atoms with Crippen LogP contribution in [0, 0.1) is 19.8 Å². The molecule has 1 amide bonds. The first-order chi connectivity index (χ1) is 11.3. The van der Waals surface area contributed by atoms with Crippen molar-refractivity contribution in [3.63, 3.8) is 0 Å². The average molecular weight is 329 g/mol. The minimum atomic E-state index is -0.929. The number of nitrogens with zero attached hydrogens (tertiary/aromatic N) is 2. The van der Waals surface area contributed by atoms with E-state index in [1.54, 1.807) is 11.6 Å². The SMILES string of the molecule is CCC(C)C(C)(O)CNC(=O)c1c(C)nn(-c2ccccc2)c1C. The van der Waals surface area contributed by atoms with Crippen LogP contribution in [0.2, 0.25) is 0 Å². The third-order valence-electron chi connectivity index (χ3n) is 4.80. The Morgan fingerprint density at radius 1 is 1.33 bits per heavy atom. The quantitative estimate of drug-likeness (QED) is 0.856. The number of benzene rings is 1. The molecule has 2 N–H and O–H groups in total. The van der Waals surface area contributed by atoms with Gasteiger partial charge in [0.15, 0.2) is 0 Å². The summed E-state index contributed by atoms with van der Waals surface area (Å²) in [6.07, 6.45) is 0.854. The molecule has 1 heterocycles. The highest BCUT2D eigenvalue weighted by molar-refractivity contribution is 5.96. The molecule has 130 valence electrons. The van der Waals surface area contributed by atoms with Gasteiger partial charge in [-0.1, -0.05) is 38.5 Å². The van der Waals surface area contributed by atoms with Gasteiger partial charge in [-0.25, -0.2) is 4.68 Å². The van der Waals surface area contributed by atoms with Crippen molar-refractivity contribution in [1.82, 2.24) is 15.1 Å². The van der Waals surface area contributed by atoms with Gasteiger partial charge in [-0.2, -0.15) is 5.10 Å².